The van der Waals surface area contributed by atoms with Gasteiger partial charge in [-0.05, 0) is 30.7 Å². The molecule has 11 heteroatoms. The van der Waals surface area contributed by atoms with E-state index in [9.17, 15) is 19.2 Å². The lowest BCUT2D eigenvalue weighted by Gasteiger charge is -2.27. The van der Waals surface area contributed by atoms with E-state index in [0.717, 1.165) is 4.90 Å². The van der Waals surface area contributed by atoms with E-state index in [4.69, 9.17) is 27.6 Å². The van der Waals surface area contributed by atoms with Gasteiger partial charge in [-0.3, -0.25) is 29.4 Å². The lowest BCUT2D eigenvalue weighted by Crippen LogP contribution is -2.54. The summed E-state index contributed by atoms with van der Waals surface area (Å²) in [6.07, 6.45) is 1.65. The summed E-state index contributed by atoms with van der Waals surface area (Å²) in [5, 5.41) is 6.07. The summed E-state index contributed by atoms with van der Waals surface area (Å²) in [5.41, 5.74) is 1.21. The molecule has 1 saturated heterocycles. The highest BCUT2D eigenvalue weighted by Crippen LogP contribution is 2.35. The van der Waals surface area contributed by atoms with Gasteiger partial charge in [0.1, 0.15) is 11.8 Å². The molecule has 2 aliphatic rings. The van der Waals surface area contributed by atoms with Crippen LogP contribution in [0.2, 0.25) is 10.0 Å². The normalized spacial score (nSPS) is 17.7. The topological polar surface area (TPSA) is 122 Å². The minimum absolute atomic E-state index is 0.0538. The van der Waals surface area contributed by atoms with E-state index < -0.39 is 29.7 Å². The monoisotopic (exact) mass is 498 g/mol. The van der Waals surface area contributed by atoms with Gasteiger partial charge in [0.25, 0.3) is 11.8 Å². The van der Waals surface area contributed by atoms with Crippen LogP contribution in [0.15, 0.2) is 47.0 Å². The maximum atomic E-state index is 13.2. The highest BCUT2D eigenvalue weighted by atomic mass is 35.5. The fourth-order valence-electron chi connectivity index (χ4n) is 4.05. The van der Waals surface area contributed by atoms with Crippen LogP contribution in [0.25, 0.3) is 11.5 Å². The number of fused-ring (bicyclic) bond motifs is 1. The SMILES string of the molecule is O=C1CCC(N2C(=O)c3cccc(NCc4cnc(-c5c(Cl)cccc5Cl)o4)c3C2=O)C(=O)N1. The number of piperidine rings is 1. The van der Waals surface area contributed by atoms with Crippen LogP contribution >= 0.6 is 23.2 Å². The average molecular weight is 499 g/mol. The quantitative estimate of drug-likeness (QED) is 0.514. The Kier molecular flexibility index (Phi) is 5.59. The number of nitrogens with zero attached hydrogens (tertiary/aromatic N) is 2. The zero-order valence-corrected chi connectivity index (χ0v) is 18.9. The van der Waals surface area contributed by atoms with Crippen molar-refractivity contribution in [2.24, 2.45) is 0 Å². The Morgan fingerprint density at radius 3 is 2.50 bits per heavy atom. The third-order valence-electron chi connectivity index (χ3n) is 5.65. The molecule has 9 nitrogen and oxygen atoms in total. The molecular weight excluding hydrogens is 483 g/mol. The Bertz CT molecular complexity index is 1350. The fourth-order valence-corrected chi connectivity index (χ4v) is 4.61. The van der Waals surface area contributed by atoms with Gasteiger partial charge >= 0.3 is 0 Å². The van der Waals surface area contributed by atoms with Crippen LogP contribution in [0.5, 0.6) is 0 Å². The largest absolute Gasteiger partial charge is 0.439 e. The van der Waals surface area contributed by atoms with E-state index >= 15 is 0 Å². The van der Waals surface area contributed by atoms with Gasteiger partial charge in [-0.2, -0.15) is 0 Å². The summed E-state index contributed by atoms with van der Waals surface area (Å²) in [6, 6.07) is 8.85. The van der Waals surface area contributed by atoms with Crippen molar-refractivity contribution >= 4 is 52.5 Å². The van der Waals surface area contributed by atoms with Crippen molar-refractivity contribution in [2.75, 3.05) is 5.32 Å². The number of amides is 4. The van der Waals surface area contributed by atoms with E-state index in [1.807, 2.05) is 0 Å². The van der Waals surface area contributed by atoms with Crippen molar-refractivity contribution in [1.29, 1.82) is 0 Å². The molecule has 2 aliphatic heterocycles. The number of halogens is 2. The number of rotatable bonds is 5. The number of carbonyl (C=O) groups is 4. The summed E-state index contributed by atoms with van der Waals surface area (Å²) in [5.74, 6) is -1.56. The molecular formula is C23H16Cl2N4O5. The molecule has 172 valence electrons. The molecule has 0 radical (unpaired) electrons. The Labute approximate surface area is 203 Å². The highest BCUT2D eigenvalue weighted by Gasteiger charge is 2.45. The zero-order chi connectivity index (χ0) is 24.0. The van der Waals surface area contributed by atoms with Crippen LogP contribution < -0.4 is 10.6 Å². The number of anilines is 1. The molecule has 0 saturated carbocycles. The van der Waals surface area contributed by atoms with Crippen molar-refractivity contribution in [3.05, 3.63) is 69.5 Å². The van der Waals surface area contributed by atoms with Crippen LogP contribution in [0.3, 0.4) is 0 Å². The Morgan fingerprint density at radius 1 is 1.03 bits per heavy atom. The second-order valence-corrected chi connectivity index (χ2v) is 8.57. The maximum absolute atomic E-state index is 13.2. The van der Waals surface area contributed by atoms with Crippen LogP contribution in [0.1, 0.15) is 39.3 Å². The first-order chi connectivity index (χ1) is 16.3. The molecule has 1 aromatic heterocycles. The second kappa shape index (κ2) is 8.58. The zero-order valence-electron chi connectivity index (χ0n) is 17.4. The molecule has 0 spiro atoms. The summed E-state index contributed by atoms with van der Waals surface area (Å²) in [6.45, 7) is 0.158. The van der Waals surface area contributed by atoms with Crippen molar-refractivity contribution in [3.8, 4) is 11.5 Å². The number of carbonyl (C=O) groups excluding carboxylic acids is 4. The van der Waals surface area contributed by atoms with E-state index in [1.54, 1.807) is 30.3 Å². The van der Waals surface area contributed by atoms with Crippen molar-refractivity contribution in [1.82, 2.24) is 15.2 Å². The number of imide groups is 2. The molecule has 2 N–H and O–H groups in total. The molecule has 3 heterocycles. The first kappa shape index (κ1) is 22.1. The minimum atomic E-state index is -1.03. The third kappa shape index (κ3) is 3.72. The van der Waals surface area contributed by atoms with E-state index in [0.29, 0.717) is 27.1 Å². The second-order valence-electron chi connectivity index (χ2n) is 7.76. The van der Waals surface area contributed by atoms with Gasteiger partial charge < -0.3 is 9.73 Å². The summed E-state index contributed by atoms with van der Waals surface area (Å²) in [4.78, 5) is 55.0. The number of oxazole rings is 1. The molecule has 1 unspecified atom stereocenters. The molecule has 3 aromatic rings. The average Bonchev–Trinajstić information content (AvgIpc) is 3.36. The first-order valence-corrected chi connectivity index (χ1v) is 11.1. The molecule has 1 fully saturated rings. The van der Waals surface area contributed by atoms with Gasteiger partial charge in [-0.25, -0.2) is 4.98 Å². The van der Waals surface area contributed by atoms with E-state index in [1.165, 1.54) is 12.3 Å². The standard InChI is InChI=1S/C23H16Cl2N4O5/c24-13-4-2-5-14(25)19(13)21-27-10-11(34-21)9-26-15-6-1-3-12-18(15)23(33)29(22(12)32)16-7-8-17(30)28-20(16)31/h1-6,10,16,26H,7-9H2,(H,28,30,31). The Balaban J connectivity index is 1.37. The van der Waals surface area contributed by atoms with Gasteiger partial charge in [0.15, 0.2) is 0 Å². The van der Waals surface area contributed by atoms with Crippen molar-refractivity contribution < 1.29 is 23.6 Å². The molecule has 1 atom stereocenters. The first-order valence-electron chi connectivity index (χ1n) is 10.3. The fraction of sp³-hybridized carbons (Fsp3) is 0.174. The molecule has 2 aromatic carbocycles. The smallest absolute Gasteiger partial charge is 0.264 e. The summed E-state index contributed by atoms with van der Waals surface area (Å²) >= 11 is 12.4. The Hall–Kier alpha value is -3.69. The van der Waals surface area contributed by atoms with Crippen LogP contribution in [0, 0.1) is 0 Å². The number of hydrogen-bond acceptors (Lipinski definition) is 7. The van der Waals surface area contributed by atoms with Crippen molar-refractivity contribution in [2.45, 2.75) is 25.4 Å². The van der Waals surface area contributed by atoms with Gasteiger partial charge in [0.05, 0.1) is 39.5 Å². The molecule has 0 aliphatic carbocycles. The van der Waals surface area contributed by atoms with Gasteiger partial charge in [0.2, 0.25) is 17.7 Å². The minimum Gasteiger partial charge on any atom is -0.439 e. The van der Waals surface area contributed by atoms with Crippen LogP contribution in [-0.4, -0.2) is 39.6 Å². The molecule has 34 heavy (non-hydrogen) atoms. The van der Waals surface area contributed by atoms with Gasteiger partial charge in [0, 0.05) is 12.1 Å². The van der Waals surface area contributed by atoms with E-state index in [-0.39, 0.29) is 36.4 Å². The highest BCUT2D eigenvalue weighted by molar-refractivity contribution is 6.38. The summed E-state index contributed by atoms with van der Waals surface area (Å²) < 4.78 is 5.77. The van der Waals surface area contributed by atoms with Crippen LogP contribution in [-0.2, 0) is 16.1 Å². The predicted octanol–water partition coefficient (Wildman–Crippen LogP) is 3.66. The number of aromatic nitrogens is 1. The lowest BCUT2D eigenvalue weighted by atomic mass is 10.0. The molecule has 5 rings (SSSR count). The van der Waals surface area contributed by atoms with Crippen molar-refractivity contribution in [3.63, 3.8) is 0 Å². The van der Waals surface area contributed by atoms with E-state index in [2.05, 4.69) is 15.6 Å². The number of benzene rings is 2. The van der Waals surface area contributed by atoms with Gasteiger partial charge in [-0.1, -0.05) is 35.3 Å². The molecule has 0 bridgehead atoms. The van der Waals surface area contributed by atoms with Crippen LogP contribution in [0.4, 0.5) is 5.69 Å². The Morgan fingerprint density at radius 2 is 1.76 bits per heavy atom. The number of nitrogens with one attached hydrogen (secondary N) is 2. The van der Waals surface area contributed by atoms with Gasteiger partial charge in [-0.15, -0.1) is 0 Å². The molecule has 4 amide bonds. The summed E-state index contributed by atoms with van der Waals surface area (Å²) in [7, 11) is 0. The number of hydrogen-bond donors (Lipinski definition) is 2. The lowest BCUT2D eigenvalue weighted by molar-refractivity contribution is -0.136. The maximum Gasteiger partial charge on any atom is 0.264 e. The third-order valence-corrected chi connectivity index (χ3v) is 6.28. The predicted molar refractivity (Wildman–Crippen MR) is 122 cm³/mol.